The van der Waals surface area contributed by atoms with Crippen molar-refractivity contribution in [3.8, 4) is 0 Å². The smallest absolute Gasteiger partial charge is 0.306 e. The molecule has 6 N–H and O–H groups in total. The molecule has 0 radical (unpaired) electrons. The number of aliphatic hydroxyl groups excluding tert-OH is 5. The molecule has 1 amide bonds. The number of esters is 1. The average molecular weight is 1170 g/mol. The van der Waals surface area contributed by atoms with Gasteiger partial charge in [-0.1, -0.05) is 306 Å². The van der Waals surface area contributed by atoms with E-state index >= 15 is 0 Å². The Kier molecular flexibility index (Phi) is 56.4. The Labute approximate surface area is 509 Å². The van der Waals surface area contributed by atoms with Crippen LogP contribution in [0.5, 0.6) is 0 Å². The van der Waals surface area contributed by atoms with Crippen molar-refractivity contribution >= 4 is 11.9 Å². The van der Waals surface area contributed by atoms with Crippen LogP contribution in [0.15, 0.2) is 60.8 Å². The molecule has 0 spiro atoms. The minimum atomic E-state index is -1.62. The molecule has 1 saturated heterocycles. The lowest BCUT2D eigenvalue weighted by atomic mass is 9.99. The quantitative estimate of drug-likeness (QED) is 0.0195. The molecule has 1 heterocycles. The third-order valence-electron chi connectivity index (χ3n) is 16.4. The normalized spacial score (nSPS) is 18.9. The van der Waals surface area contributed by atoms with Gasteiger partial charge in [-0.2, -0.15) is 0 Å². The maximum atomic E-state index is 13.4. The fourth-order valence-corrected chi connectivity index (χ4v) is 10.9. The number of ether oxygens (including phenoxy) is 3. The van der Waals surface area contributed by atoms with E-state index in [2.05, 4.69) is 74.7 Å². The van der Waals surface area contributed by atoms with Gasteiger partial charge in [-0.3, -0.25) is 9.59 Å². The van der Waals surface area contributed by atoms with E-state index in [0.717, 1.165) is 77.0 Å². The van der Waals surface area contributed by atoms with Gasteiger partial charge in [-0.05, 0) is 70.6 Å². The maximum Gasteiger partial charge on any atom is 0.306 e. The second-order valence-electron chi connectivity index (χ2n) is 24.3. The zero-order chi connectivity index (χ0) is 60.3. The molecule has 0 aromatic heterocycles. The van der Waals surface area contributed by atoms with Gasteiger partial charge in [0.2, 0.25) is 5.91 Å². The average Bonchev–Trinajstić information content (AvgIpc) is 3.64. The first-order valence-corrected chi connectivity index (χ1v) is 35.1. The van der Waals surface area contributed by atoms with Gasteiger partial charge in [0.1, 0.15) is 24.4 Å². The van der Waals surface area contributed by atoms with E-state index in [9.17, 15) is 35.1 Å². The minimum absolute atomic E-state index is 0.122. The van der Waals surface area contributed by atoms with E-state index in [1.54, 1.807) is 6.08 Å². The van der Waals surface area contributed by atoms with Crippen LogP contribution in [0.25, 0.3) is 0 Å². The summed E-state index contributed by atoms with van der Waals surface area (Å²) < 4.78 is 17.7. The molecular formula is C72H131NO10. The van der Waals surface area contributed by atoms with E-state index in [1.807, 2.05) is 6.08 Å². The zero-order valence-electron chi connectivity index (χ0n) is 53.8. The highest BCUT2D eigenvalue weighted by molar-refractivity contribution is 5.80. The molecule has 11 heteroatoms. The number of hydrogen-bond donors (Lipinski definition) is 6. The summed E-state index contributed by atoms with van der Waals surface area (Å²) in [6, 6.07) is -1.04. The van der Waals surface area contributed by atoms with Gasteiger partial charge in [-0.15, -0.1) is 0 Å². The number of unbranched alkanes of at least 4 members (excludes halogenated alkanes) is 38. The molecule has 484 valence electrons. The standard InChI is InChI=1S/C72H131NO10/c1-4-7-10-13-16-19-22-24-26-28-30-31-32-33-34-35-36-38-40-42-45-48-51-54-57-60-67(77)83-70-69(79)68(78)66(61-74)82-72(70)81-62-63(64(75)58-55-52-49-46-43-21-18-15-12-9-6-3)73-71(80)65(76)59-56-53-50-47-44-41-39-37-29-27-25-23-20-17-14-11-8-5-2/h17,20,25,27,37,39,44,47,55,58,63-66,68-70,72,74-76,78-79H,4-16,18-19,21-24,26,28-36,38,40-43,45-46,48-54,56-57,59-62H2,1-3H3,(H,73,80)/b20-17-,27-25-,39-37-,47-44-,58-55+. The summed E-state index contributed by atoms with van der Waals surface area (Å²) >= 11 is 0. The molecule has 0 bridgehead atoms. The number of aliphatic hydroxyl groups is 5. The van der Waals surface area contributed by atoms with Crippen molar-refractivity contribution in [1.29, 1.82) is 0 Å². The second-order valence-corrected chi connectivity index (χ2v) is 24.3. The van der Waals surface area contributed by atoms with Crippen molar-refractivity contribution in [2.24, 2.45) is 0 Å². The third kappa shape index (κ3) is 47.2. The first-order valence-electron chi connectivity index (χ1n) is 35.1. The van der Waals surface area contributed by atoms with Gasteiger partial charge >= 0.3 is 5.97 Å². The Morgan fingerprint density at radius 2 is 0.831 bits per heavy atom. The van der Waals surface area contributed by atoms with Crippen LogP contribution in [0.2, 0.25) is 0 Å². The Morgan fingerprint density at radius 1 is 0.470 bits per heavy atom. The second kappa shape index (κ2) is 59.7. The van der Waals surface area contributed by atoms with Crippen LogP contribution < -0.4 is 5.32 Å². The SMILES string of the molecule is CCCCC/C=C\C/C=C\C/C=C\C/C=C\CCCCC(O)C(=O)NC(COC1OC(CO)C(O)C(O)C1OC(=O)CCCCCCCCCCCCCCCCCCCCCCCCCCC)C(O)/C=C/CCCCCCCCCCC. The summed E-state index contributed by atoms with van der Waals surface area (Å²) in [6.07, 6.45) is 65.6. The van der Waals surface area contributed by atoms with Crippen LogP contribution in [0.3, 0.4) is 0 Å². The molecule has 1 fully saturated rings. The fourth-order valence-electron chi connectivity index (χ4n) is 10.9. The number of carbonyl (C=O) groups is 2. The molecule has 0 aromatic carbocycles. The molecule has 1 aliphatic heterocycles. The van der Waals surface area contributed by atoms with Crippen molar-refractivity contribution in [2.45, 2.75) is 372 Å². The van der Waals surface area contributed by atoms with Crippen LogP contribution in [0, 0.1) is 0 Å². The number of rotatable bonds is 60. The van der Waals surface area contributed by atoms with Gasteiger partial charge in [0.25, 0.3) is 0 Å². The number of allylic oxidation sites excluding steroid dienone is 9. The Hall–Kier alpha value is -2.64. The molecule has 1 rings (SSSR count). The maximum absolute atomic E-state index is 13.4. The van der Waals surface area contributed by atoms with E-state index < -0.39 is 67.4 Å². The molecule has 0 aromatic rings. The van der Waals surface area contributed by atoms with Crippen LogP contribution in [0.4, 0.5) is 0 Å². The first-order chi connectivity index (χ1) is 40.7. The third-order valence-corrected chi connectivity index (χ3v) is 16.4. The van der Waals surface area contributed by atoms with Crippen molar-refractivity contribution in [2.75, 3.05) is 13.2 Å². The summed E-state index contributed by atoms with van der Waals surface area (Å²) in [5.41, 5.74) is 0. The highest BCUT2D eigenvalue weighted by Gasteiger charge is 2.47. The molecule has 83 heavy (non-hydrogen) atoms. The Balaban J connectivity index is 2.57. The van der Waals surface area contributed by atoms with Crippen LogP contribution in [0.1, 0.15) is 323 Å². The Morgan fingerprint density at radius 3 is 1.27 bits per heavy atom. The summed E-state index contributed by atoms with van der Waals surface area (Å²) in [6.45, 7) is 5.77. The molecule has 0 saturated carbocycles. The van der Waals surface area contributed by atoms with Gasteiger partial charge in [-0.25, -0.2) is 0 Å². The van der Waals surface area contributed by atoms with E-state index in [1.165, 1.54) is 199 Å². The topological polar surface area (TPSA) is 175 Å². The largest absolute Gasteiger partial charge is 0.454 e. The van der Waals surface area contributed by atoms with E-state index in [-0.39, 0.29) is 19.4 Å². The number of amides is 1. The summed E-state index contributed by atoms with van der Waals surface area (Å²) in [5, 5.41) is 57.1. The van der Waals surface area contributed by atoms with Crippen LogP contribution in [-0.2, 0) is 23.8 Å². The highest BCUT2D eigenvalue weighted by Crippen LogP contribution is 2.26. The van der Waals surface area contributed by atoms with Gasteiger partial charge in [0.15, 0.2) is 12.4 Å². The van der Waals surface area contributed by atoms with Crippen molar-refractivity contribution in [3.05, 3.63) is 60.8 Å². The summed E-state index contributed by atoms with van der Waals surface area (Å²) in [5.74, 6) is -1.22. The fraction of sp³-hybridized carbons (Fsp3) is 0.833. The zero-order valence-corrected chi connectivity index (χ0v) is 53.8. The number of nitrogens with one attached hydrogen (secondary N) is 1. The lowest BCUT2D eigenvalue weighted by Gasteiger charge is -2.41. The highest BCUT2D eigenvalue weighted by atomic mass is 16.7. The van der Waals surface area contributed by atoms with Crippen LogP contribution >= 0.6 is 0 Å². The first kappa shape index (κ1) is 78.4. The molecular weight excluding hydrogens is 1040 g/mol. The van der Waals surface area contributed by atoms with E-state index in [4.69, 9.17) is 14.2 Å². The predicted molar refractivity (Wildman–Crippen MR) is 347 cm³/mol. The Bertz CT molecular complexity index is 1580. The minimum Gasteiger partial charge on any atom is -0.454 e. The van der Waals surface area contributed by atoms with Crippen LogP contribution in [-0.4, -0.2) is 99.6 Å². The summed E-state index contributed by atoms with van der Waals surface area (Å²) in [4.78, 5) is 26.6. The molecule has 0 aliphatic carbocycles. The number of carbonyl (C=O) groups excluding carboxylic acids is 2. The van der Waals surface area contributed by atoms with Crippen molar-refractivity contribution in [1.82, 2.24) is 5.32 Å². The molecule has 8 atom stereocenters. The molecule has 8 unspecified atom stereocenters. The van der Waals surface area contributed by atoms with Gasteiger partial charge in [0.05, 0.1) is 25.4 Å². The van der Waals surface area contributed by atoms with Crippen molar-refractivity contribution < 1.29 is 49.3 Å². The van der Waals surface area contributed by atoms with E-state index in [0.29, 0.717) is 12.8 Å². The predicted octanol–water partition coefficient (Wildman–Crippen LogP) is 17.7. The molecule has 1 aliphatic rings. The van der Waals surface area contributed by atoms with Crippen molar-refractivity contribution in [3.63, 3.8) is 0 Å². The number of hydrogen-bond acceptors (Lipinski definition) is 10. The summed E-state index contributed by atoms with van der Waals surface area (Å²) in [7, 11) is 0. The van der Waals surface area contributed by atoms with Gasteiger partial charge < -0.3 is 45.1 Å². The lowest BCUT2D eigenvalue weighted by Crippen LogP contribution is -2.61. The molecule has 11 nitrogen and oxygen atoms in total. The monoisotopic (exact) mass is 1170 g/mol. The van der Waals surface area contributed by atoms with Gasteiger partial charge in [0, 0.05) is 6.42 Å². The lowest BCUT2D eigenvalue weighted by molar-refractivity contribution is -0.305.